The molecule has 3 rings (SSSR count). The van der Waals surface area contributed by atoms with Gasteiger partial charge in [-0.15, -0.1) is 0 Å². The molecular formula is C21H29N3O4. The molecule has 28 heavy (non-hydrogen) atoms. The molecule has 152 valence electrons. The third-order valence-corrected chi connectivity index (χ3v) is 5.58. The summed E-state index contributed by atoms with van der Waals surface area (Å²) in [4.78, 5) is 43.2. The van der Waals surface area contributed by atoms with Gasteiger partial charge in [-0.05, 0) is 38.3 Å². The quantitative estimate of drug-likeness (QED) is 0.743. The van der Waals surface area contributed by atoms with Gasteiger partial charge >= 0.3 is 6.09 Å². The van der Waals surface area contributed by atoms with Crippen molar-refractivity contribution >= 4 is 17.9 Å². The van der Waals surface area contributed by atoms with E-state index >= 15 is 0 Å². The zero-order chi connectivity index (χ0) is 20.3. The van der Waals surface area contributed by atoms with Crippen molar-refractivity contribution in [3.05, 3.63) is 35.4 Å². The Morgan fingerprint density at radius 2 is 1.46 bits per heavy atom. The summed E-state index contributed by atoms with van der Waals surface area (Å²) in [5.41, 5.74) is 1.29. The highest BCUT2D eigenvalue weighted by Gasteiger charge is 2.43. The molecule has 0 bridgehead atoms. The largest absolute Gasteiger partial charge is 0.450 e. The van der Waals surface area contributed by atoms with Gasteiger partial charge in [0.05, 0.1) is 6.61 Å². The summed E-state index contributed by atoms with van der Waals surface area (Å²) in [7, 11) is 0. The van der Waals surface area contributed by atoms with Crippen LogP contribution in [0.1, 0.15) is 31.9 Å². The van der Waals surface area contributed by atoms with Crippen LogP contribution in [0.15, 0.2) is 24.3 Å². The van der Waals surface area contributed by atoms with Gasteiger partial charge < -0.3 is 19.4 Å². The minimum Gasteiger partial charge on any atom is -0.450 e. The van der Waals surface area contributed by atoms with E-state index in [2.05, 4.69) is 6.07 Å². The minimum absolute atomic E-state index is 0.139. The fourth-order valence-electron chi connectivity index (χ4n) is 3.86. The van der Waals surface area contributed by atoms with E-state index in [9.17, 15) is 14.4 Å². The van der Waals surface area contributed by atoms with Gasteiger partial charge in [-0.2, -0.15) is 0 Å². The molecule has 2 aliphatic heterocycles. The SMILES string of the molecule is CCOC(=O)N1CCN(C(=O)C(C)(C)C(=O)N2CCc3ccccc3C2)CC1. The molecule has 2 heterocycles. The topological polar surface area (TPSA) is 70.2 Å². The molecule has 1 aromatic rings. The number of carbonyl (C=O) groups excluding carboxylic acids is 3. The van der Waals surface area contributed by atoms with Crippen LogP contribution in [0.4, 0.5) is 4.79 Å². The molecule has 1 fully saturated rings. The van der Waals surface area contributed by atoms with Gasteiger partial charge in [0.1, 0.15) is 5.41 Å². The lowest BCUT2D eigenvalue weighted by Crippen LogP contribution is -2.57. The molecule has 0 unspecified atom stereocenters. The second-order valence-corrected chi connectivity index (χ2v) is 7.85. The van der Waals surface area contributed by atoms with Crippen LogP contribution in [0.3, 0.4) is 0 Å². The predicted octanol–water partition coefficient (Wildman–Crippen LogP) is 1.90. The summed E-state index contributed by atoms with van der Waals surface area (Å²) in [5.74, 6) is -0.320. The number of nitrogens with zero attached hydrogens (tertiary/aromatic N) is 3. The molecular weight excluding hydrogens is 358 g/mol. The van der Waals surface area contributed by atoms with Crippen molar-refractivity contribution in [2.75, 3.05) is 39.3 Å². The maximum atomic E-state index is 13.2. The third kappa shape index (κ3) is 3.98. The zero-order valence-electron chi connectivity index (χ0n) is 16.9. The van der Waals surface area contributed by atoms with Crippen LogP contribution in [0, 0.1) is 5.41 Å². The fraction of sp³-hybridized carbons (Fsp3) is 0.571. The lowest BCUT2D eigenvalue weighted by molar-refractivity contribution is -0.155. The first-order chi connectivity index (χ1) is 13.3. The molecule has 1 saturated heterocycles. The number of carbonyl (C=O) groups is 3. The Hall–Kier alpha value is -2.57. The van der Waals surface area contributed by atoms with Gasteiger partial charge in [0.2, 0.25) is 11.8 Å². The van der Waals surface area contributed by atoms with Gasteiger partial charge in [-0.25, -0.2) is 4.79 Å². The monoisotopic (exact) mass is 387 g/mol. The molecule has 0 saturated carbocycles. The molecule has 2 aliphatic rings. The van der Waals surface area contributed by atoms with Crippen molar-refractivity contribution in [3.63, 3.8) is 0 Å². The molecule has 0 N–H and O–H groups in total. The maximum Gasteiger partial charge on any atom is 0.409 e. The average Bonchev–Trinajstić information content (AvgIpc) is 2.72. The van der Waals surface area contributed by atoms with E-state index in [1.54, 1.807) is 35.5 Å². The number of ether oxygens (including phenoxy) is 1. The lowest BCUT2D eigenvalue weighted by atomic mass is 9.87. The number of piperazine rings is 1. The highest BCUT2D eigenvalue weighted by atomic mass is 16.6. The van der Waals surface area contributed by atoms with E-state index in [-0.39, 0.29) is 17.9 Å². The number of hydrogen-bond donors (Lipinski definition) is 0. The number of amides is 3. The summed E-state index contributed by atoms with van der Waals surface area (Å²) in [6, 6.07) is 8.13. The van der Waals surface area contributed by atoms with E-state index in [0.717, 1.165) is 12.0 Å². The standard InChI is InChI=1S/C21H29N3O4/c1-4-28-20(27)23-13-11-22(12-14-23)18(25)21(2,3)19(26)24-10-9-16-7-5-6-8-17(16)15-24/h5-8H,4,9-15H2,1-3H3. The molecule has 0 spiro atoms. The van der Waals surface area contributed by atoms with Crippen molar-refractivity contribution in [1.82, 2.24) is 14.7 Å². The molecule has 7 nitrogen and oxygen atoms in total. The summed E-state index contributed by atoms with van der Waals surface area (Å²) in [6.45, 7) is 8.35. The maximum absolute atomic E-state index is 13.2. The highest BCUT2D eigenvalue weighted by molar-refractivity contribution is 6.04. The van der Waals surface area contributed by atoms with E-state index < -0.39 is 5.41 Å². The Morgan fingerprint density at radius 1 is 0.893 bits per heavy atom. The molecule has 0 atom stereocenters. The van der Waals surface area contributed by atoms with E-state index in [1.165, 1.54) is 5.56 Å². The predicted molar refractivity (Wildman–Crippen MR) is 105 cm³/mol. The van der Waals surface area contributed by atoms with Crippen molar-refractivity contribution in [1.29, 1.82) is 0 Å². The van der Waals surface area contributed by atoms with Gasteiger partial charge in [0, 0.05) is 39.3 Å². The van der Waals surface area contributed by atoms with Crippen LogP contribution < -0.4 is 0 Å². The smallest absolute Gasteiger partial charge is 0.409 e. The summed E-state index contributed by atoms with van der Waals surface area (Å²) < 4.78 is 5.01. The Bertz CT molecular complexity index is 754. The van der Waals surface area contributed by atoms with E-state index in [0.29, 0.717) is 45.9 Å². The number of fused-ring (bicyclic) bond motifs is 1. The van der Waals surface area contributed by atoms with Crippen LogP contribution in [0.2, 0.25) is 0 Å². The highest BCUT2D eigenvalue weighted by Crippen LogP contribution is 2.27. The summed E-state index contributed by atoms with van der Waals surface area (Å²) in [6.07, 6.45) is 0.460. The molecule has 0 radical (unpaired) electrons. The Balaban J connectivity index is 1.62. The van der Waals surface area contributed by atoms with Gasteiger partial charge in [-0.3, -0.25) is 9.59 Å². The number of rotatable bonds is 3. The molecule has 7 heteroatoms. The van der Waals surface area contributed by atoms with Crippen molar-refractivity contribution < 1.29 is 19.1 Å². The first-order valence-electron chi connectivity index (χ1n) is 9.91. The minimum atomic E-state index is -1.13. The summed E-state index contributed by atoms with van der Waals surface area (Å²) in [5, 5.41) is 0. The van der Waals surface area contributed by atoms with Crippen LogP contribution in [0.25, 0.3) is 0 Å². The molecule has 0 aromatic heterocycles. The van der Waals surface area contributed by atoms with Crippen LogP contribution in [-0.4, -0.2) is 71.9 Å². The molecule has 0 aliphatic carbocycles. The zero-order valence-corrected chi connectivity index (χ0v) is 16.9. The van der Waals surface area contributed by atoms with E-state index in [1.807, 2.05) is 18.2 Å². The molecule has 1 aromatic carbocycles. The van der Waals surface area contributed by atoms with Crippen LogP contribution in [0.5, 0.6) is 0 Å². The lowest BCUT2D eigenvalue weighted by Gasteiger charge is -2.40. The normalized spacial score (nSPS) is 17.2. The number of hydrogen-bond acceptors (Lipinski definition) is 4. The van der Waals surface area contributed by atoms with Crippen molar-refractivity contribution in [3.8, 4) is 0 Å². The number of benzene rings is 1. The van der Waals surface area contributed by atoms with Gasteiger partial charge in [-0.1, -0.05) is 24.3 Å². The second-order valence-electron chi connectivity index (χ2n) is 7.85. The third-order valence-electron chi connectivity index (χ3n) is 5.58. The Kier molecular flexibility index (Phi) is 5.91. The first kappa shape index (κ1) is 20.2. The van der Waals surface area contributed by atoms with Crippen LogP contribution in [-0.2, 0) is 27.3 Å². The van der Waals surface area contributed by atoms with E-state index in [4.69, 9.17) is 4.74 Å². The van der Waals surface area contributed by atoms with Gasteiger partial charge in [0.15, 0.2) is 0 Å². The first-order valence-corrected chi connectivity index (χ1v) is 9.91. The van der Waals surface area contributed by atoms with Crippen LogP contribution >= 0.6 is 0 Å². The van der Waals surface area contributed by atoms with Crippen molar-refractivity contribution in [2.45, 2.75) is 33.7 Å². The average molecular weight is 387 g/mol. The summed E-state index contributed by atoms with van der Waals surface area (Å²) >= 11 is 0. The second kappa shape index (κ2) is 8.20. The fourth-order valence-corrected chi connectivity index (χ4v) is 3.86. The van der Waals surface area contributed by atoms with Gasteiger partial charge in [0.25, 0.3) is 0 Å². The Morgan fingerprint density at radius 3 is 2.11 bits per heavy atom. The molecule has 3 amide bonds. The Labute approximate surface area is 166 Å². The van der Waals surface area contributed by atoms with Crippen molar-refractivity contribution in [2.24, 2.45) is 5.41 Å².